The molecule has 0 radical (unpaired) electrons. The minimum absolute atomic E-state index is 0.0949. The Hall–Kier alpha value is -3.03. The highest BCUT2D eigenvalue weighted by molar-refractivity contribution is 5.84. The fourth-order valence-corrected chi connectivity index (χ4v) is 1.66. The smallest absolute Gasteiger partial charge is 0.360 e. The summed E-state index contributed by atoms with van der Waals surface area (Å²) in [5.74, 6) is -1.49. The largest absolute Gasteiger partial charge is 0.476 e. The van der Waals surface area contributed by atoms with Crippen LogP contribution in [0.4, 0.5) is 5.69 Å². The maximum absolute atomic E-state index is 11.3. The third-order valence-electron chi connectivity index (χ3n) is 2.59. The van der Waals surface area contributed by atoms with Gasteiger partial charge in [-0.25, -0.2) is 9.48 Å². The van der Waals surface area contributed by atoms with E-state index < -0.39 is 22.0 Å². The first-order chi connectivity index (χ1) is 9.40. The zero-order valence-corrected chi connectivity index (χ0v) is 10.3. The third kappa shape index (κ3) is 2.39. The first kappa shape index (κ1) is 13.4. The molecule has 0 bridgehead atoms. The quantitative estimate of drug-likeness (QED) is 0.663. The van der Waals surface area contributed by atoms with Gasteiger partial charge in [0.05, 0.1) is 4.92 Å². The van der Waals surface area contributed by atoms with Gasteiger partial charge in [-0.05, 0) is 18.6 Å². The molecule has 0 saturated carbocycles. The standard InChI is InChI=1S/C12H9N3O5/c1-7-2-3-8(15(19)20)9(6-7)14-5-4-10(16)11(13-14)12(17)18/h2-6H,1H3,(H,17,18). The summed E-state index contributed by atoms with van der Waals surface area (Å²) in [7, 11) is 0. The zero-order chi connectivity index (χ0) is 14.9. The minimum atomic E-state index is -1.49. The maximum Gasteiger partial charge on any atom is 0.360 e. The molecule has 8 nitrogen and oxygen atoms in total. The van der Waals surface area contributed by atoms with Gasteiger partial charge in [0.25, 0.3) is 5.69 Å². The van der Waals surface area contributed by atoms with Crippen molar-refractivity contribution < 1.29 is 14.8 Å². The van der Waals surface area contributed by atoms with Gasteiger partial charge in [0.2, 0.25) is 11.1 Å². The van der Waals surface area contributed by atoms with Gasteiger partial charge in [-0.3, -0.25) is 14.9 Å². The van der Waals surface area contributed by atoms with Gasteiger partial charge in [-0.1, -0.05) is 6.07 Å². The van der Waals surface area contributed by atoms with E-state index in [1.165, 1.54) is 18.3 Å². The summed E-state index contributed by atoms with van der Waals surface area (Å²) < 4.78 is 1.01. The molecule has 2 rings (SSSR count). The lowest BCUT2D eigenvalue weighted by atomic mass is 10.2. The second-order valence-corrected chi connectivity index (χ2v) is 4.03. The van der Waals surface area contributed by atoms with Gasteiger partial charge in [0.15, 0.2) is 0 Å². The second kappa shape index (κ2) is 4.92. The number of hydrogen-bond acceptors (Lipinski definition) is 5. The Morgan fingerprint density at radius 3 is 2.70 bits per heavy atom. The molecule has 20 heavy (non-hydrogen) atoms. The van der Waals surface area contributed by atoms with Crippen LogP contribution in [-0.2, 0) is 0 Å². The van der Waals surface area contributed by atoms with E-state index in [4.69, 9.17) is 5.11 Å². The van der Waals surface area contributed by atoms with Crippen LogP contribution in [-0.4, -0.2) is 25.8 Å². The van der Waals surface area contributed by atoms with E-state index in [2.05, 4.69) is 5.10 Å². The molecule has 0 aliphatic rings. The van der Waals surface area contributed by atoms with Crippen LogP contribution >= 0.6 is 0 Å². The molecule has 0 amide bonds. The molecule has 0 fully saturated rings. The highest BCUT2D eigenvalue weighted by Gasteiger charge is 2.18. The average Bonchev–Trinajstić information content (AvgIpc) is 2.38. The number of benzene rings is 1. The summed E-state index contributed by atoms with van der Waals surface area (Å²) in [6.07, 6.45) is 1.19. The van der Waals surface area contributed by atoms with E-state index in [9.17, 15) is 19.7 Å². The number of nitro groups is 1. The van der Waals surface area contributed by atoms with E-state index in [0.717, 1.165) is 16.3 Å². The van der Waals surface area contributed by atoms with Crippen molar-refractivity contribution in [1.29, 1.82) is 0 Å². The molecule has 1 aromatic heterocycles. The van der Waals surface area contributed by atoms with Crippen LogP contribution in [0, 0.1) is 17.0 Å². The lowest BCUT2D eigenvalue weighted by Gasteiger charge is -2.07. The van der Waals surface area contributed by atoms with Gasteiger partial charge in [-0.2, -0.15) is 5.10 Å². The van der Waals surface area contributed by atoms with Crippen molar-refractivity contribution in [2.24, 2.45) is 0 Å². The molecule has 1 N–H and O–H groups in total. The molecule has 8 heteroatoms. The van der Waals surface area contributed by atoms with Gasteiger partial charge in [0, 0.05) is 18.3 Å². The molecule has 0 aliphatic heterocycles. The summed E-state index contributed by atoms with van der Waals surface area (Å²) in [4.78, 5) is 32.6. The first-order valence-corrected chi connectivity index (χ1v) is 5.49. The molecule has 0 atom stereocenters. The maximum atomic E-state index is 11.3. The Morgan fingerprint density at radius 1 is 1.40 bits per heavy atom. The lowest BCUT2D eigenvalue weighted by Crippen LogP contribution is -2.20. The summed E-state index contributed by atoms with van der Waals surface area (Å²) in [5.41, 5.74) is -0.851. The summed E-state index contributed by atoms with van der Waals surface area (Å²) in [5, 5.41) is 23.5. The van der Waals surface area contributed by atoms with Crippen molar-refractivity contribution in [3.05, 3.63) is 62.1 Å². The van der Waals surface area contributed by atoms with Crippen molar-refractivity contribution in [2.75, 3.05) is 0 Å². The number of aromatic nitrogens is 2. The van der Waals surface area contributed by atoms with E-state index in [-0.39, 0.29) is 11.4 Å². The number of hydrogen-bond donors (Lipinski definition) is 1. The van der Waals surface area contributed by atoms with Crippen LogP contribution in [0.3, 0.4) is 0 Å². The van der Waals surface area contributed by atoms with Crippen molar-refractivity contribution in [1.82, 2.24) is 9.78 Å². The van der Waals surface area contributed by atoms with E-state index in [1.54, 1.807) is 13.0 Å². The fraction of sp³-hybridized carbons (Fsp3) is 0.0833. The van der Waals surface area contributed by atoms with Crippen LogP contribution in [0.15, 0.2) is 35.3 Å². The molecule has 2 aromatic rings. The highest BCUT2D eigenvalue weighted by Crippen LogP contribution is 2.22. The zero-order valence-electron chi connectivity index (χ0n) is 10.3. The Morgan fingerprint density at radius 2 is 2.10 bits per heavy atom. The molecular formula is C12H9N3O5. The van der Waals surface area contributed by atoms with Crippen LogP contribution in [0.1, 0.15) is 16.1 Å². The van der Waals surface area contributed by atoms with E-state index in [0.29, 0.717) is 0 Å². The van der Waals surface area contributed by atoms with Crippen molar-refractivity contribution in [2.45, 2.75) is 6.92 Å². The molecule has 1 aromatic carbocycles. The van der Waals surface area contributed by atoms with E-state index in [1.807, 2.05) is 0 Å². The van der Waals surface area contributed by atoms with Gasteiger partial charge in [0.1, 0.15) is 5.69 Å². The molecule has 0 aliphatic carbocycles. The molecule has 102 valence electrons. The summed E-state index contributed by atoms with van der Waals surface area (Å²) in [6, 6.07) is 5.34. The predicted octanol–water partition coefficient (Wildman–Crippen LogP) is 1.15. The van der Waals surface area contributed by atoms with Gasteiger partial charge in [-0.15, -0.1) is 0 Å². The number of carboxylic acids is 1. The number of nitro benzene ring substituents is 1. The van der Waals surface area contributed by atoms with Crippen molar-refractivity contribution in [3.63, 3.8) is 0 Å². The van der Waals surface area contributed by atoms with Crippen LogP contribution < -0.4 is 5.43 Å². The minimum Gasteiger partial charge on any atom is -0.476 e. The molecule has 0 spiro atoms. The van der Waals surface area contributed by atoms with Gasteiger partial charge >= 0.3 is 5.97 Å². The number of nitrogens with zero attached hydrogens (tertiary/aromatic N) is 3. The molecular weight excluding hydrogens is 266 g/mol. The molecule has 1 heterocycles. The van der Waals surface area contributed by atoms with Crippen molar-refractivity contribution in [3.8, 4) is 5.69 Å². The average molecular weight is 275 g/mol. The van der Waals surface area contributed by atoms with Crippen molar-refractivity contribution >= 4 is 11.7 Å². The molecule has 0 unspecified atom stereocenters. The predicted molar refractivity (Wildman–Crippen MR) is 68.2 cm³/mol. The fourth-order valence-electron chi connectivity index (χ4n) is 1.66. The number of carboxylic acid groups (broad SMARTS) is 1. The van der Waals surface area contributed by atoms with Crippen LogP contribution in [0.25, 0.3) is 5.69 Å². The monoisotopic (exact) mass is 275 g/mol. The Kier molecular flexibility index (Phi) is 3.30. The van der Waals surface area contributed by atoms with E-state index >= 15 is 0 Å². The number of rotatable bonds is 3. The SMILES string of the molecule is Cc1ccc([N+](=O)[O-])c(-n2ccc(=O)c(C(=O)O)n2)c1. The van der Waals surface area contributed by atoms with Crippen LogP contribution in [0.5, 0.6) is 0 Å². The molecule has 0 saturated heterocycles. The second-order valence-electron chi connectivity index (χ2n) is 4.03. The highest BCUT2D eigenvalue weighted by atomic mass is 16.6. The first-order valence-electron chi connectivity index (χ1n) is 5.49. The number of carbonyl (C=O) groups is 1. The number of aryl methyl sites for hydroxylation is 1. The lowest BCUT2D eigenvalue weighted by molar-refractivity contribution is -0.384. The Bertz CT molecular complexity index is 766. The summed E-state index contributed by atoms with van der Waals surface area (Å²) >= 11 is 0. The normalized spacial score (nSPS) is 10.2. The van der Waals surface area contributed by atoms with Crippen LogP contribution in [0.2, 0.25) is 0 Å². The Balaban J connectivity index is 2.71. The topological polar surface area (TPSA) is 115 Å². The van der Waals surface area contributed by atoms with Gasteiger partial charge < -0.3 is 5.11 Å². The Labute approximate surface area is 112 Å². The third-order valence-corrected chi connectivity index (χ3v) is 2.59. The number of aromatic carboxylic acids is 1. The summed E-state index contributed by atoms with van der Waals surface area (Å²) in [6.45, 7) is 1.73.